The Morgan fingerprint density at radius 2 is 2.14 bits per heavy atom. The number of aryl methyl sites for hydroxylation is 1. The van der Waals surface area contributed by atoms with Gasteiger partial charge in [-0.2, -0.15) is 0 Å². The molecule has 21 heavy (non-hydrogen) atoms. The van der Waals surface area contributed by atoms with Crippen LogP contribution in [0, 0.1) is 5.92 Å². The van der Waals surface area contributed by atoms with Crippen LogP contribution in [0.3, 0.4) is 0 Å². The molecule has 1 aromatic carbocycles. The molecule has 3 aliphatic rings. The molecule has 3 nitrogen and oxygen atoms in total. The molecular weight excluding hydrogens is 262 g/mol. The van der Waals surface area contributed by atoms with Gasteiger partial charge in [0.15, 0.2) is 0 Å². The molecule has 0 saturated carbocycles. The van der Waals surface area contributed by atoms with Crippen molar-refractivity contribution in [1.82, 2.24) is 4.90 Å². The quantitative estimate of drug-likeness (QED) is 0.743. The minimum atomic E-state index is -0.0103. The van der Waals surface area contributed by atoms with E-state index in [9.17, 15) is 4.79 Å². The molecule has 3 heteroatoms. The molecule has 1 aromatic rings. The van der Waals surface area contributed by atoms with Gasteiger partial charge in [0.1, 0.15) is 0 Å². The van der Waals surface area contributed by atoms with Gasteiger partial charge in [0.05, 0.1) is 13.0 Å². The van der Waals surface area contributed by atoms with Crippen LogP contribution in [-0.4, -0.2) is 37.1 Å². The van der Waals surface area contributed by atoms with Crippen molar-refractivity contribution in [2.75, 3.05) is 14.2 Å². The molecule has 0 amide bonds. The molecule has 2 aliphatic heterocycles. The maximum atomic E-state index is 12.6. The summed E-state index contributed by atoms with van der Waals surface area (Å²) in [5, 5.41) is 0. The van der Waals surface area contributed by atoms with E-state index in [1.165, 1.54) is 24.7 Å². The van der Waals surface area contributed by atoms with Gasteiger partial charge in [0.25, 0.3) is 0 Å². The van der Waals surface area contributed by atoms with Crippen LogP contribution < -0.4 is 0 Å². The van der Waals surface area contributed by atoms with Gasteiger partial charge in [-0.3, -0.25) is 9.69 Å². The number of fused-ring (bicyclic) bond motifs is 4. The summed E-state index contributed by atoms with van der Waals surface area (Å²) in [5.74, 6) is -0.0150. The Bertz CT molecular complexity index is 584. The van der Waals surface area contributed by atoms with Crippen molar-refractivity contribution in [3.63, 3.8) is 0 Å². The van der Waals surface area contributed by atoms with Gasteiger partial charge in [-0.05, 0) is 50.3 Å². The smallest absolute Gasteiger partial charge is 0.311 e. The predicted octanol–water partition coefficient (Wildman–Crippen LogP) is 2.53. The van der Waals surface area contributed by atoms with Crippen molar-refractivity contribution in [2.45, 2.75) is 49.6 Å². The fraction of sp³-hybridized carbons (Fsp3) is 0.611. The second-order valence-corrected chi connectivity index (χ2v) is 6.98. The number of piperidine rings is 1. The SMILES string of the molecule is COC(=O)[C@H]1[C@H]2CC[C@@H](C[C@]13CCc1ccccc13)N2C. The zero-order chi connectivity index (χ0) is 14.6. The van der Waals surface area contributed by atoms with E-state index in [1.54, 1.807) is 0 Å². The van der Waals surface area contributed by atoms with Crippen LogP contribution in [0.5, 0.6) is 0 Å². The molecule has 1 aliphatic carbocycles. The van der Waals surface area contributed by atoms with Gasteiger partial charge in [-0.25, -0.2) is 0 Å². The van der Waals surface area contributed by atoms with Crippen LogP contribution in [0.1, 0.15) is 36.8 Å². The van der Waals surface area contributed by atoms with Crippen molar-refractivity contribution in [1.29, 1.82) is 0 Å². The first kappa shape index (κ1) is 13.3. The van der Waals surface area contributed by atoms with E-state index in [0.29, 0.717) is 12.1 Å². The van der Waals surface area contributed by atoms with E-state index in [4.69, 9.17) is 4.74 Å². The molecule has 2 fully saturated rings. The third-order valence-corrected chi connectivity index (χ3v) is 6.32. The van der Waals surface area contributed by atoms with Gasteiger partial charge in [0, 0.05) is 17.5 Å². The van der Waals surface area contributed by atoms with Crippen LogP contribution in [0.15, 0.2) is 24.3 Å². The number of carbonyl (C=O) groups is 1. The molecule has 0 radical (unpaired) electrons. The summed E-state index contributed by atoms with van der Waals surface area (Å²) in [5.41, 5.74) is 2.88. The summed E-state index contributed by atoms with van der Waals surface area (Å²) in [6.07, 6.45) is 5.67. The van der Waals surface area contributed by atoms with Gasteiger partial charge in [-0.15, -0.1) is 0 Å². The zero-order valence-corrected chi connectivity index (χ0v) is 12.8. The number of methoxy groups -OCH3 is 1. The lowest BCUT2D eigenvalue weighted by molar-refractivity contribution is -0.153. The molecule has 112 valence electrons. The molecule has 2 bridgehead atoms. The van der Waals surface area contributed by atoms with Crippen LogP contribution in [-0.2, 0) is 21.4 Å². The first-order valence-electron chi connectivity index (χ1n) is 8.05. The average Bonchev–Trinajstić information content (AvgIpc) is 2.97. The highest BCUT2D eigenvalue weighted by Gasteiger charge is 2.59. The maximum absolute atomic E-state index is 12.6. The number of hydrogen-bond donors (Lipinski definition) is 0. The highest BCUT2D eigenvalue weighted by atomic mass is 16.5. The molecule has 4 atom stereocenters. The van der Waals surface area contributed by atoms with Gasteiger partial charge < -0.3 is 4.74 Å². The lowest BCUT2D eigenvalue weighted by Gasteiger charge is -2.49. The Morgan fingerprint density at radius 3 is 2.95 bits per heavy atom. The Labute approximate surface area is 126 Å². The highest BCUT2D eigenvalue weighted by molar-refractivity contribution is 5.76. The Kier molecular flexibility index (Phi) is 2.90. The second-order valence-electron chi connectivity index (χ2n) is 6.98. The van der Waals surface area contributed by atoms with Crippen molar-refractivity contribution in [3.8, 4) is 0 Å². The number of esters is 1. The molecule has 2 saturated heterocycles. The monoisotopic (exact) mass is 285 g/mol. The third kappa shape index (κ3) is 1.67. The molecule has 1 spiro atoms. The van der Waals surface area contributed by atoms with Crippen molar-refractivity contribution < 1.29 is 9.53 Å². The number of hydrogen-bond acceptors (Lipinski definition) is 3. The fourth-order valence-electron chi connectivity index (χ4n) is 5.37. The van der Waals surface area contributed by atoms with Gasteiger partial charge in [0.2, 0.25) is 0 Å². The molecule has 0 unspecified atom stereocenters. The highest BCUT2D eigenvalue weighted by Crippen LogP contribution is 2.56. The average molecular weight is 285 g/mol. The summed E-state index contributed by atoms with van der Waals surface area (Å²) >= 11 is 0. The Morgan fingerprint density at radius 1 is 1.33 bits per heavy atom. The Balaban J connectivity index is 1.85. The lowest BCUT2D eigenvalue weighted by Crippen LogP contribution is -2.57. The molecule has 0 N–H and O–H groups in total. The molecule has 0 aromatic heterocycles. The van der Waals surface area contributed by atoms with E-state index in [1.807, 2.05) is 0 Å². The standard InChI is InChI=1S/C18H23NO2/c1-19-13-7-8-15(19)16(17(20)21-2)18(11-13)10-9-12-5-3-4-6-14(12)18/h3-6,13,15-16H,7-11H2,1-2H3/t13-,15+,16+,18-/m0/s1. The zero-order valence-electron chi connectivity index (χ0n) is 12.8. The van der Waals surface area contributed by atoms with E-state index < -0.39 is 0 Å². The minimum absolute atomic E-state index is 0.00472. The first-order chi connectivity index (χ1) is 10.2. The normalized spacial score (nSPS) is 37.7. The molecular formula is C18H23NO2. The maximum Gasteiger partial charge on any atom is 0.311 e. The van der Waals surface area contributed by atoms with Crippen LogP contribution in [0.25, 0.3) is 0 Å². The summed E-state index contributed by atoms with van der Waals surface area (Å²) in [6, 6.07) is 9.71. The summed E-state index contributed by atoms with van der Waals surface area (Å²) in [7, 11) is 3.73. The predicted molar refractivity (Wildman–Crippen MR) is 81.1 cm³/mol. The van der Waals surface area contributed by atoms with E-state index in [-0.39, 0.29) is 17.3 Å². The topological polar surface area (TPSA) is 29.5 Å². The Hall–Kier alpha value is -1.35. The van der Waals surface area contributed by atoms with Crippen LogP contribution in [0.4, 0.5) is 0 Å². The largest absolute Gasteiger partial charge is 0.469 e. The van der Waals surface area contributed by atoms with Crippen LogP contribution in [0.2, 0.25) is 0 Å². The van der Waals surface area contributed by atoms with Gasteiger partial charge in [-0.1, -0.05) is 24.3 Å². The van der Waals surface area contributed by atoms with Crippen molar-refractivity contribution in [2.24, 2.45) is 5.92 Å². The summed E-state index contributed by atoms with van der Waals surface area (Å²) in [4.78, 5) is 15.1. The number of nitrogens with zero attached hydrogens (tertiary/aromatic N) is 1. The number of carbonyl (C=O) groups excluding carboxylic acids is 1. The number of benzene rings is 1. The van der Waals surface area contributed by atoms with Crippen LogP contribution >= 0.6 is 0 Å². The van der Waals surface area contributed by atoms with E-state index in [0.717, 1.165) is 25.7 Å². The van der Waals surface area contributed by atoms with E-state index >= 15 is 0 Å². The van der Waals surface area contributed by atoms with Gasteiger partial charge >= 0.3 is 5.97 Å². The summed E-state index contributed by atoms with van der Waals surface area (Å²) < 4.78 is 5.22. The fourth-order valence-corrected chi connectivity index (χ4v) is 5.37. The van der Waals surface area contributed by atoms with Crippen molar-refractivity contribution in [3.05, 3.63) is 35.4 Å². The first-order valence-corrected chi connectivity index (χ1v) is 8.05. The third-order valence-electron chi connectivity index (χ3n) is 6.32. The number of ether oxygens (including phenoxy) is 1. The van der Waals surface area contributed by atoms with E-state index in [2.05, 4.69) is 36.2 Å². The molecule has 4 rings (SSSR count). The lowest BCUT2D eigenvalue weighted by atomic mass is 9.63. The second kappa shape index (κ2) is 4.57. The number of rotatable bonds is 1. The molecule has 2 heterocycles. The summed E-state index contributed by atoms with van der Waals surface area (Å²) in [6.45, 7) is 0. The van der Waals surface area contributed by atoms with Crippen molar-refractivity contribution >= 4 is 5.97 Å². The minimum Gasteiger partial charge on any atom is -0.469 e.